The SMILES string of the molecule is CCCCNC(=O)C(C)N(Cc1ccc(Cl)cc1)C(=O)CN(c1ccc(C)c(C)c1)S(=O)(=O)c1ccc(C)cc1. The molecule has 0 fully saturated rings. The van der Waals surface area contributed by atoms with Gasteiger partial charge in [-0.2, -0.15) is 0 Å². The molecule has 1 atom stereocenters. The van der Waals surface area contributed by atoms with E-state index in [4.69, 9.17) is 11.6 Å². The molecule has 0 aliphatic heterocycles. The molecule has 0 saturated carbocycles. The Labute approximate surface area is 243 Å². The van der Waals surface area contributed by atoms with Crippen LogP contribution in [0.1, 0.15) is 48.9 Å². The van der Waals surface area contributed by atoms with Crippen molar-refractivity contribution in [1.29, 1.82) is 0 Å². The molecule has 1 unspecified atom stereocenters. The molecule has 2 amide bonds. The third kappa shape index (κ3) is 7.86. The van der Waals surface area contributed by atoms with E-state index in [9.17, 15) is 18.0 Å². The molecule has 9 heteroatoms. The first-order chi connectivity index (χ1) is 18.9. The normalized spacial score (nSPS) is 12.1. The zero-order chi connectivity index (χ0) is 29.4. The summed E-state index contributed by atoms with van der Waals surface area (Å²) in [6.45, 7) is 9.54. The molecule has 3 aromatic carbocycles. The molecule has 0 radical (unpaired) electrons. The molecular weight excluding hydrogens is 546 g/mol. The van der Waals surface area contributed by atoms with Gasteiger partial charge in [0.05, 0.1) is 10.6 Å². The minimum Gasteiger partial charge on any atom is -0.354 e. The van der Waals surface area contributed by atoms with Crippen molar-refractivity contribution in [2.75, 3.05) is 17.4 Å². The number of nitrogens with zero attached hydrogens (tertiary/aromatic N) is 2. The van der Waals surface area contributed by atoms with Gasteiger partial charge in [0.1, 0.15) is 12.6 Å². The fraction of sp³-hybridized carbons (Fsp3) is 0.355. The molecule has 7 nitrogen and oxygen atoms in total. The highest BCUT2D eigenvalue weighted by atomic mass is 35.5. The highest BCUT2D eigenvalue weighted by Gasteiger charge is 2.32. The summed E-state index contributed by atoms with van der Waals surface area (Å²) in [7, 11) is -4.10. The van der Waals surface area contributed by atoms with Gasteiger partial charge in [-0.25, -0.2) is 8.42 Å². The molecular formula is C31H38ClN3O4S. The van der Waals surface area contributed by atoms with Gasteiger partial charge in [0.2, 0.25) is 11.8 Å². The Balaban J connectivity index is 2.02. The second-order valence-corrected chi connectivity index (χ2v) is 12.4. The topological polar surface area (TPSA) is 86.8 Å². The maximum absolute atomic E-state index is 14.0. The number of rotatable bonds is 12. The van der Waals surface area contributed by atoms with Crippen LogP contribution >= 0.6 is 11.6 Å². The number of amides is 2. The number of unbranched alkanes of at least 4 members (excludes halogenated alkanes) is 1. The van der Waals surface area contributed by atoms with Crippen LogP contribution in [0.5, 0.6) is 0 Å². The van der Waals surface area contributed by atoms with Gasteiger partial charge in [-0.05, 0) is 87.2 Å². The van der Waals surface area contributed by atoms with Crippen LogP contribution in [0.3, 0.4) is 0 Å². The van der Waals surface area contributed by atoms with E-state index >= 15 is 0 Å². The summed E-state index contributed by atoms with van der Waals surface area (Å²) in [5.41, 5.74) is 3.97. The Morgan fingerprint density at radius 1 is 0.925 bits per heavy atom. The molecule has 0 spiro atoms. The van der Waals surface area contributed by atoms with E-state index in [-0.39, 0.29) is 17.3 Å². The van der Waals surface area contributed by atoms with E-state index in [0.717, 1.165) is 39.4 Å². The van der Waals surface area contributed by atoms with Crippen molar-refractivity contribution in [1.82, 2.24) is 10.2 Å². The number of aryl methyl sites for hydroxylation is 3. The van der Waals surface area contributed by atoms with Gasteiger partial charge >= 0.3 is 0 Å². The zero-order valence-corrected chi connectivity index (χ0v) is 25.3. The predicted molar refractivity (Wildman–Crippen MR) is 161 cm³/mol. The first-order valence-electron chi connectivity index (χ1n) is 13.4. The monoisotopic (exact) mass is 583 g/mol. The van der Waals surface area contributed by atoms with Crippen molar-refractivity contribution < 1.29 is 18.0 Å². The molecule has 3 aromatic rings. The summed E-state index contributed by atoms with van der Waals surface area (Å²) < 4.78 is 29.0. The van der Waals surface area contributed by atoms with Crippen molar-refractivity contribution in [2.24, 2.45) is 0 Å². The Morgan fingerprint density at radius 2 is 1.57 bits per heavy atom. The van der Waals surface area contributed by atoms with E-state index in [1.54, 1.807) is 67.6 Å². The number of nitrogens with one attached hydrogen (secondary N) is 1. The largest absolute Gasteiger partial charge is 0.354 e. The quantitative estimate of drug-likeness (QED) is 0.273. The van der Waals surface area contributed by atoms with E-state index in [1.165, 1.54) is 4.90 Å². The smallest absolute Gasteiger partial charge is 0.264 e. The number of carbonyl (C=O) groups excluding carboxylic acids is 2. The van der Waals surface area contributed by atoms with Crippen LogP contribution in [-0.2, 0) is 26.2 Å². The zero-order valence-electron chi connectivity index (χ0n) is 23.8. The number of benzene rings is 3. The lowest BCUT2D eigenvalue weighted by Gasteiger charge is -2.32. The van der Waals surface area contributed by atoms with Crippen LogP contribution in [0.25, 0.3) is 0 Å². The average Bonchev–Trinajstić information content (AvgIpc) is 2.92. The molecule has 0 heterocycles. The summed E-state index contributed by atoms with van der Waals surface area (Å²) in [4.78, 5) is 28.5. The van der Waals surface area contributed by atoms with Crippen LogP contribution < -0.4 is 9.62 Å². The van der Waals surface area contributed by atoms with Gasteiger partial charge in [-0.1, -0.05) is 60.8 Å². The lowest BCUT2D eigenvalue weighted by Crippen LogP contribution is -2.51. The fourth-order valence-corrected chi connectivity index (χ4v) is 5.68. The first-order valence-corrected chi connectivity index (χ1v) is 15.2. The summed E-state index contributed by atoms with van der Waals surface area (Å²) >= 11 is 6.06. The van der Waals surface area contributed by atoms with Crippen LogP contribution in [0, 0.1) is 20.8 Å². The lowest BCUT2D eigenvalue weighted by molar-refractivity contribution is -0.139. The molecule has 3 rings (SSSR count). The Hall–Kier alpha value is -3.36. The number of hydrogen-bond donors (Lipinski definition) is 1. The number of hydrogen-bond acceptors (Lipinski definition) is 4. The number of halogens is 1. The Kier molecular flexibility index (Phi) is 10.8. The number of sulfonamides is 1. The second kappa shape index (κ2) is 13.8. The third-order valence-electron chi connectivity index (χ3n) is 6.93. The van der Waals surface area contributed by atoms with Crippen molar-refractivity contribution in [3.05, 3.63) is 94.0 Å². The molecule has 0 aliphatic rings. The van der Waals surface area contributed by atoms with Gasteiger partial charge in [-0.3, -0.25) is 13.9 Å². The summed E-state index contributed by atoms with van der Waals surface area (Å²) in [5, 5.41) is 3.44. The Bertz CT molecular complexity index is 1420. The molecule has 1 N–H and O–H groups in total. The first kappa shape index (κ1) is 31.2. The lowest BCUT2D eigenvalue weighted by atomic mass is 10.1. The fourth-order valence-electron chi connectivity index (χ4n) is 4.15. The van der Waals surface area contributed by atoms with Gasteiger partial charge < -0.3 is 10.2 Å². The van der Waals surface area contributed by atoms with Crippen LogP contribution in [0.4, 0.5) is 5.69 Å². The summed E-state index contributed by atoms with van der Waals surface area (Å²) in [5.74, 6) is -0.795. The highest BCUT2D eigenvalue weighted by molar-refractivity contribution is 7.92. The number of carbonyl (C=O) groups is 2. The van der Waals surface area contributed by atoms with E-state index in [0.29, 0.717) is 17.3 Å². The van der Waals surface area contributed by atoms with E-state index in [1.807, 2.05) is 33.8 Å². The number of anilines is 1. The van der Waals surface area contributed by atoms with Gasteiger partial charge in [0, 0.05) is 18.1 Å². The molecule has 0 aromatic heterocycles. The van der Waals surface area contributed by atoms with Crippen molar-refractivity contribution in [3.63, 3.8) is 0 Å². The Morgan fingerprint density at radius 3 is 2.17 bits per heavy atom. The molecule has 0 aliphatic carbocycles. The minimum absolute atomic E-state index is 0.0822. The standard InChI is InChI=1S/C31H38ClN3O4S/c1-6-7-18-33-31(37)25(5)34(20-26-11-13-27(32)14-12-26)30(36)21-35(28-15-10-23(3)24(4)19-28)40(38,39)29-16-8-22(2)9-17-29/h8-17,19,25H,6-7,18,20-21H2,1-5H3,(H,33,37). The maximum atomic E-state index is 14.0. The van der Waals surface area contributed by atoms with E-state index < -0.39 is 28.5 Å². The summed E-state index contributed by atoms with van der Waals surface area (Å²) in [6.07, 6.45) is 1.74. The molecule has 0 saturated heterocycles. The predicted octanol–water partition coefficient (Wildman–Crippen LogP) is 5.79. The molecule has 214 valence electrons. The third-order valence-corrected chi connectivity index (χ3v) is 8.97. The second-order valence-electron chi connectivity index (χ2n) is 10.1. The minimum atomic E-state index is -4.10. The molecule has 40 heavy (non-hydrogen) atoms. The van der Waals surface area contributed by atoms with Crippen molar-refractivity contribution in [3.8, 4) is 0 Å². The summed E-state index contributed by atoms with van der Waals surface area (Å²) in [6, 6.07) is 18.0. The van der Waals surface area contributed by atoms with Gasteiger partial charge in [0.25, 0.3) is 10.0 Å². The maximum Gasteiger partial charge on any atom is 0.264 e. The van der Waals surface area contributed by atoms with Crippen LogP contribution in [0.2, 0.25) is 5.02 Å². The van der Waals surface area contributed by atoms with Crippen molar-refractivity contribution >= 4 is 39.1 Å². The highest BCUT2D eigenvalue weighted by Crippen LogP contribution is 2.27. The average molecular weight is 584 g/mol. The van der Waals surface area contributed by atoms with Crippen LogP contribution in [0.15, 0.2) is 71.6 Å². The van der Waals surface area contributed by atoms with E-state index in [2.05, 4.69) is 5.32 Å². The van der Waals surface area contributed by atoms with Gasteiger partial charge in [0.15, 0.2) is 0 Å². The molecule has 0 bridgehead atoms. The van der Waals surface area contributed by atoms with Crippen LogP contribution in [-0.4, -0.2) is 44.3 Å². The van der Waals surface area contributed by atoms with Crippen molar-refractivity contribution in [2.45, 2.75) is 64.9 Å². The van der Waals surface area contributed by atoms with Gasteiger partial charge in [-0.15, -0.1) is 0 Å².